The number of aromatic nitrogens is 2. The van der Waals surface area contributed by atoms with Crippen molar-refractivity contribution in [1.82, 2.24) is 9.55 Å². The standard InChI is InChI=1S/C31H18N2O2/c1-2-10-19(11-3-1)31-32-23-14-6-7-15-24(23)33(31)25-18-22-20-12-4-8-16-26(20)34-29(22)28-21-13-5-9-17-27(21)35-30(25)28/h1-18H. The number of imidazole rings is 1. The Morgan fingerprint density at radius 3 is 2.09 bits per heavy atom. The van der Waals surface area contributed by atoms with E-state index in [2.05, 4.69) is 59.2 Å². The summed E-state index contributed by atoms with van der Waals surface area (Å²) in [4.78, 5) is 5.05. The molecule has 5 aromatic carbocycles. The molecule has 8 rings (SSSR count). The minimum Gasteiger partial charge on any atom is -0.455 e. The molecule has 4 nitrogen and oxygen atoms in total. The van der Waals surface area contributed by atoms with Crippen molar-refractivity contribution in [3.8, 4) is 17.1 Å². The second-order valence-electron chi connectivity index (χ2n) is 8.80. The van der Waals surface area contributed by atoms with Gasteiger partial charge in [-0.15, -0.1) is 0 Å². The molecule has 0 spiro atoms. The largest absolute Gasteiger partial charge is 0.455 e. The molecule has 0 aliphatic carbocycles. The van der Waals surface area contributed by atoms with Crippen molar-refractivity contribution in [3.05, 3.63) is 109 Å². The van der Waals surface area contributed by atoms with Crippen LogP contribution in [0.2, 0.25) is 0 Å². The number of benzene rings is 5. The summed E-state index contributed by atoms with van der Waals surface area (Å²) < 4.78 is 15.2. The molecule has 0 fully saturated rings. The molecule has 164 valence electrons. The van der Waals surface area contributed by atoms with E-state index in [-0.39, 0.29) is 0 Å². The number of furan rings is 2. The van der Waals surface area contributed by atoms with E-state index in [4.69, 9.17) is 13.8 Å². The van der Waals surface area contributed by atoms with Crippen molar-refractivity contribution >= 4 is 54.9 Å². The third kappa shape index (κ3) is 2.53. The highest BCUT2D eigenvalue weighted by Gasteiger charge is 2.23. The van der Waals surface area contributed by atoms with Gasteiger partial charge >= 0.3 is 0 Å². The summed E-state index contributed by atoms with van der Waals surface area (Å²) in [5, 5.41) is 4.17. The van der Waals surface area contributed by atoms with E-state index in [9.17, 15) is 0 Å². The fourth-order valence-corrected chi connectivity index (χ4v) is 5.26. The van der Waals surface area contributed by atoms with Crippen LogP contribution in [0.3, 0.4) is 0 Å². The van der Waals surface area contributed by atoms with Gasteiger partial charge in [0.25, 0.3) is 0 Å². The third-order valence-corrected chi connectivity index (χ3v) is 6.80. The minimum absolute atomic E-state index is 0.790. The van der Waals surface area contributed by atoms with Crippen molar-refractivity contribution in [3.63, 3.8) is 0 Å². The maximum atomic E-state index is 6.54. The molecule has 3 aromatic heterocycles. The molecular weight excluding hydrogens is 432 g/mol. The van der Waals surface area contributed by atoms with Crippen molar-refractivity contribution in [2.24, 2.45) is 0 Å². The van der Waals surface area contributed by atoms with E-state index in [0.717, 1.165) is 72.0 Å². The Morgan fingerprint density at radius 1 is 0.571 bits per heavy atom. The van der Waals surface area contributed by atoms with Crippen molar-refractivity contribution in [2.75, 3.05) is 0 Å². The zero-order chi connectivity index (χ0) is 22.9. The fourth-order valence-electron chi connectivity index (χ4n) is 5.26. The Bertz CT molecular complexity index is 2060. The van der Waals surface area contributed by atoms with Gasteiger partial charge in [-0.05, 0) is 30.3 Å². The minimum atomic E-state index is 0.790. The third-order valence-electron chi connectivity index (χ3n) is 6.80. The molecule has 0 aliphatic heterocycles. The van der Waals surface area contributed by atoms with Crippen LogP contribution in [0.1, 0.15) is 0 Å². The Labute approximate surface area is 199 Å². The number of para-hydroxylation sites is 4. The summed E-state index contributed by atoms with van der Waals surface area (Å²) in [6.07, 6.45) is 0. The van der Waals surface area contributed by atoms with Gasteiger partial charge in [-0.2, -0.15) is 0 Å². The maximum absolute atomic E-state index is 6.54. The van der Waals surface area contributed by atoms with E-state index in [1.165, 1.54) is 0 Å². The molecule has 3 heterocycles. The smallest absolute Gasteiger partial charge is 0.163 e. The Hall–Kier alpha value is -4.83. The summed E-state index contributed by atoms with van der Waals surface area (Å²) in [5.74, 6) is 0.876. The highest BCUT2D eigenvalue weighted by molar-refractivity contribution is 6.24. The van der Waals surface area contributed by atoms with Crippen LogP contribution in [0.5, 0.6) is 0 Å². The highest BCUT2D eigenvalue weighted by Crippen LogP contribution is 2.43. The molecular formula is C31H18N2O2. The molecule has 0 aliphatic rings. The van der Waals surface area contributed by atoms with Gasteiger partial charge in [0, 0.05) is 21.7 Å². The van der Waals surface area contributed by atoms with Crippen LogP contribution in [0.4, 0.5) is 0 Å². The van der Waals surface area contributed by atoms with Crippen LogP contribution in [-0.2, 0) is 0 Å². The predicted molar refractivity (Wildman–Crippen MR) is 141 cm³/mol. The van der Waals surface area contributed by atoms with Crippen LogP contribution in [-0.4, -0.2) is 9.55 Å². The van der Waals surface area contributed by atoms with Gasteiger partial charge in [-0.1, -0.05) is 78.9 Å². The lowest BCUT2D eigenvalue weighted by molar-refractivity contribution is 0.660. The van der Waals surface area contributed by atoms with Gasteiger partial charge in [0.1, 0.15) is 22.6 Å². The number of nitrogens with zero attached hydrogens (tertiary/aromatic N) is 2. The summed E-state index contributed by atoms with van der Waals surface area (Å²) in [7, 11) is 0. The number of rotatable bonds is 2. The average Bonchev–Trinajstić information content (AvgIpc) is 3.60. The van der Waals surface area contributed by atoms with Crippen LogP contribution < -0.4 is 0 Å². The van der Waals surface area contributed by atoms with E-state index < -0.39 is 0 Å². The molecule has 0 unspecified atom stereocenters. The molecule has 0 atom stereocenters. The zero-order valence-electron chi connectivity index (χ0n) is 18.6. The van der Waals surface area contributed by atoms with Gasteiger partial charge < -0.3 is 8.83 Å². The Kier molecular flexibility index (Phi) is 3.63. The Balaban J connectivity index is 1.62. The first-order valence-electron chi connectivity index (χ1n) is 11.7. The molecule has 8 aromatic rings. The fraction of sp³-hybridized carbons (Fsp3) is 0. The van der Waals surface area contributed by atoms with E-state index in [1.54, 1.807) is 0 Å². The van der Waals surface area contributed by atoms with Crippen LogP contribution in [0, 0.1) is 0 Å². The molecule has 0 N–H and O–H groups in total. The lowest BCUT2D eigenvalue weighted by atomic mass is 10.1. The molecule has 0 radical (unpaired) electrons. The summed E-state index contributed by atoms with van der Waals surface area (Å²) in [6.45, 7) is 0. The quantitative estimate of drug-likeness (QED) is 0.265. The highest BCUT2D eigenvalue weighted by atomic mass is 16.3. The number of hydrogen-bond acceptors (Lipinski definition) is 3. The van der Waals surface area contributed by atoms with Crippen molar-refractivity contribution in [1.29, 1.82) is 0 Å². The second-order valence-corrected chi connectivity index (χ2v) is 8.80. The first-order chi connectivity index (χ1) is 17.4. The maximum Gasteiger partial charge on any atom is 0.163 e. The van der Waals surface area contributed by atoms with Gasteiger partial charge in [0.2, 0.25) is 0 Å². The molecule has 35 heavy (non-hydrogen) atoms. The zero-order valence-corrected chi connectivity index (χ0v) is 18.6. The molecule has 0 bridgehead atoms. The van der Waals surface area contributed by atoms with Crippen LogP contribution in [0.15, 0.2) is 118 Å². The van der Waals surface area contributed by atoms with Gasteiger partial charge in [-0.25, -0.2) is 4.98 Å². The molecule has 4 heteroatoms. The van der Waals surface area contributed by atoms with Gasteiger partial charge in [-0.3, -0.25) is 4.57 Å². The lowest BCUT2D eigenvalue weighted by Crippen LogP contribution is -1.98. The first kappa shape index (κ1) is 18.6. The molecule has 0 saturated heterocycles. The predicted octanol–water partition coefficient (Wildman–Crippen LogP) is 8.49. The van der Waals surface area contributed by atoms with Crippen molar-refractivity contribution < 1.29 is 8.83 Å². The molecule has 0 amide bonds. The van der Waals surface area contributed by atoms with E-state index in [1.807, 2.05) is 54.6 Å². The average molecular weight is 450 g/mol. The summed E-state index contributed by atoms with van der Waals surface area (Å²) in [6, 6.07) is 37.1. The lowest BCUT2D eigenvalue weighted by Gasteiger charge is -2.11. The topological polar surface area (TPSA) is 44.1 Å². The van der Waals surface area contributed by atoms with Crippen LogP contribution in [0.25, 0.3) is 72.0 Å². The summed E-state index contributed by atoms with van der Waals surface area (Å²) >= 11 is 0. The first-order valence-corrected chi connectivity index (χ1v) is 11.7. The number of hydrogen-bond donors (Lipinski definition) is 0. The number of fused-ring (bicyclic) bond motifs is 8. The van der Waals surface area contributed by atoms with Gasteiger partial charge in [0.05, 0.1) is 22.1 Å². The SMILES string of the molecule is c1ccc(-c2nc3ccccc3n2-c2cc3c4ccccc4oc3c3c2oc2ccccc23)cc1. The Morgan fingerprint density at radius 2 is 1.23 bits per heavy atom. The monoisotopic (exact) mass is 450 g/mol. The van der Waals surface area contributed by atoms with Crippen molar-refractivity contribution in [2.45, 2.75) is 0 Å². The second kappa shape index (κ2) is 6.84. The van der Waals surface area contributed by atoms with Gasteiger partial charge in [0.15, 0.2) is 5.58 Å². The van der Waals surface area contributed by atoms with Crippen LogP contribution >= 0.6 is 0 Å². The molecule has 0 saturated carbocycles. The van der Waals surface area contributed by atoms with E-state index in [0.29, 0.717) is 0 Å². The van der Waals surface area contributed by atoms with E-state index >= 15 is 0 Å². The normalized spacial score (nSPS) is 12.0. The summed E-state index contributed by atoms with van der Waals surface area (Å²) in [5.41, 5.74) is 7.30.